The maximum absolute atomic E-state index is 11.6. The van der Waals surface area contributed by atoms with E-state index < -0.39 is 18.1 Å². The Kier molecular flexibility index (Phi) is 3.44. The molecule has 1 saturated heterocycles. The van der Waals surface area contributed by atoms with Gasteiger partial charge in [0.05, 0.1) is 18.3 Å². The minimum absolute atomic E-state index is 0.123. The van der Waals surface area contributed by atoms with Crippen LogP contribution in [0.15, 0.2) is 0 Å². The second kappa shape index (κ2) is 4.40. The highest BCUT2D eigenvalue weighted by atomic mass is 16.3. The quantitative estimate of drug-likeness (QED) is 0.602. The molecule has 1 aliphatic heterocycles. The van der Waals surface area contributed by atoms with Crippen LogP contribution in [0.3, 0.4) is 0 Å². The van der Waals surface area contributed by atoms with Gasteiger partial charge < -0.3 is 15.1 Å². The van der Waals surface area contributed by atoms with Crippen molar-refractivity contribution >= 4 is 5.91 Å². The van der Waals surface area contributed by atoms with E-state index in [2.05, 4.69) is 0 Å². The van der Waals surface area contributed by atoms with Crippen molar-refractivity contribution < 1.29 is 15.0 Å². The third-order valence-corrected chi connectivity index (χ3v) is 2.43. The van der Waals surface area contributed by atoms with Crippen LogP contribution in [-0.2, 0) is 4.79 Å². The van der Waals surface area contributed by atoms with Gasteiger partial charge in [-0.15, -0.1) is 0 Å². The minimum atomic E-state index is -0.879. The Morgan fingerprint density at radius 1 is 1.57 bits per heavy atom. The predicted octanol–water partition coefficient (Wildman–Crippen LogP) is -0.900. The molecule has 0 aromatic carbocycles. The van der Waals surface area contributed by atoms with Crippen molar-refractivity contribution in [3.63, 3.8) is 0 Å². The molecule has 5 heteroatoms. The largest absolute Gasteiger partial charge is 0.388 e. The van der Waals surface area contributed by atoms with Crippen molar-refractivity contribution in [3.8, 4) is 6.07 Å². The number of likely N-dealkylation sites (tertiary alicyclic amines) is 1. The number of amides is 1. The fraction of sp³-hybridized carbons (Fsp3) is 0.778. The number of carbonyl (C=O) groups is 1. The molecule has 0 spiro atoms. The normalized spacial score (nSPS) is 28.6. The minimum Gasteiger partial charge on any atom is -0.388 e. The average molecular weight is 198 g/mol. The summed E-state index contributed by atoms with van der Waals surface area (Å²) < 4.78 is 0. The molecule has 14 heavy (non-hydrogen) atoms. The van der Waals surface area contributed by atoms with Crippen LogP contribution in [0.5, 0.6) is 0 Å². The average Bonchev–Trinajstić information content (AvgIpc) is 2.49. The van der Waals surface area contributed by atoms with Gasteiger partial charge in [-0.3, -0.25) is 4.79 Å². The Balaban J connectivity index is 2.59. The lowest BCUT2D eigenvalue weighted by Crippen LogP contribution is -2.34. The molecule has 2 N–H and O–H groups in total. The molecule has 0 bridgehead atoms. The van der Waals surface area contributed by atoms with E-state index in [1.807, 2.05) is 6.07 Å². The Labute approximate surface area is 82.6 Å². The molecule has 0 aliphatic carbocycles. The van der Waals surface area contributed by atoms with E-state index in [9.17, 15) is 15.0 Å². The Morgan fingerprint density at radius 2 is 2.07 bits per heavy atom. The summed E-state index contributed by atoms with van der Waals surface area (Å²) in [7, 11) is 0. The molecular formula is C9H14N2O3. The number of β-amino-alcohol motifs (C(OH)–C–C–N with tert-alkyl or cyclic N) is 2. The van der Waals surface area contributed by atoms with Crippen molar-refractivity contribution in [1.29, 1.82) is 5.26 Å². The first kappa shape index (κ1) is 11.0. The first-order valence-corrected chi connectivity index (χ1v) is 4.64. The monoisotopic (exact) mass is 198 g/mol. The maximum Gasteiger partial charge on any atom is 0.240 e. The van der Waals surface area contributed by atoms with Crippen LogP contribution < -0.4 is 0 Å². The van der Waals surface area contributed by atoms with Gasteiger partial charge in [0.15, 0.2) is 0 Å². The van der Waals surface area contributed by atoms with E-state index in [4.69, 9.17) is 5.26 Å². The highest BCUT2D eigenvalue weighted by Crippen LogP contribution is 2.14. The summed E-state index contributed by atoms with van der Waals surface area (Å²) in [5, 5.41) is 27.1. The molecule has 0 aromatic rings. The van der Waals surface area contributed by atoms with Gasteiger partial charge in [-0.25, -0.2) is 0 Å². The topological polar surface area (TPSA) is 84.6 Å². The van der Waals surface area contributed by atoms with Crippen molar-refractivity contribution in [2.75, 3.05) is 13.1 Å². The van der Waals surface area contributed by atoms with Crippen molar-refractivity contribution in [2.45, 2.75) is 25.6 Å². The lowest BCUT2D eigenvalue weighted by molar-refractivity contribution is -0.133. The van der Waals surface area contributed by atoms with Gasteiger partial charge in [0.1, 0.15) is 5.92 Å². The van der Waals surface area contributed by atoms with Gasteiger partial charge in [-0.1, -0.05) is 6.92 Å². The third-order valence-electron chi connectivity index (χ3n) is 2.43. The molecule has 1 amide bonds. The highest BCUT2D eigenvalue weighted by Gasteiger charge is 2.34. The number of aliphatic hydroxyl groups is 2. The van der Waals surface area contributed by atoms with Gasteiger partial charge in [-0.2, -0.15) is 5.26 Å². The summed E-state index contributed by atoms with van der Waals surface area (Å²) in [6.07, 6.45) is -1.30. The molecule has 5 nitrogen and oxygen atoms in total. The maximum atomic E-state index is 11.6. The van der Waals surface area contributed by atoms with E-state index in [1.54, 1.807) is 6.92 Å². The van der Waals surface area contributed by atoms with Gasteiger partial charge in [-0.05, 0) is 6.42 Å². The lowest BCUT2D eigenvalue weighted by Gasteiger charge is -2.17. The number of nitrogens with zero attached hydrogens (tertiary/aromatic N) is 2. The molecule has 0 saturated carbocycles. The summed E-state index contributed by atoms with van der Waals surface area (Å²) >= 11 is 0. The van der Waals surface area contributed by atoms with E-state index >= 15 is 0 Å². The number of hydrogen-bond acceptors (Lipinski definition) is 4. The fourth-order valence-corrected chi connectivity index (χ4v) is 1.49. The SMILES string of the molecule is CCC(C#N)C(=O)N1CC(O)C(O)C1. The van der Waals surface area contributed by atoms with E-state index in [-0.39, 0.29) is 19.0 Å². The second-order valence-corrected chi connectivity index (χ2v) is 3.47. The Bertz CT molecular complexity index is 251. The van der Waals surface area contributed by atoms with Crippen LogP contribution in [0.25, 0.3) is 0 Å². The molecule has 3 atom stereocenters. The highest BCUT2D eigenvalue weighted by molar-refractivity contribution is 5.81. The van der Waals surface area contributed by atoms with Crippen LogP contribution in [-0.4, -0.2) is 46.3 Å². The molecule has 0 radical (unpaired) electrons. The molecule has 1 heterocycles. The van der Waals surface area contributed by atoms with Crippen molar-refractivity contribution in [3.05, 3.63) is 0 Å². The molecule has 1 fully saturated rings. The van der Waals surface area contributed by atoms with Crippen LogP contribution in [0.1, 0.15) is 13.3 Å². The zero-order valence-electron chi connectivity index (χ0n) is 8.05. The van der Waals surface area contributed by atoms with Crippen LogP contribution in [0.2, 0.25) is 0 Å². The summed E-state index contributed by atoms with van der Waals surface area (Å²) in [6.45, 7) is 2.01. The molecule has 3 unspecified atom stereocenters. The van der Waals surface area contributed by atoms with Gasteiger partial charge in [0, 0.05) is 13.1 Å². The van der Waals surface area contributed by atoms with E-state index in [0.717, 1.165) is 0 Å². The smallest absolute Gasteiger partial charge is 0.240 e. The van der Waals surface area contributed by atoms with Crippen LogP contribution >= 0.6 is 0 Å². The van der Waals surface area contributed by atoms with Gasteiger partial charge >= 0.3 is 0 Å². The van der Waals surface area contributed by atoms with Gasteiger partial charge in [0.2, 0.25) is 5.91 Å². The van der Waals surface area contributed by atoms with Crippen LogP contribution in [0.4, 0.5) is 0 Å². The first-order valence-electron chi connectivity index (χ1n) is 4.64. The fourth-order valence-electron chi connectivity index (χ4n) is 1.49. The molecule has 78 valence electrons. The summed E-state index contributed by atoms with van der Waals surface area (Å²) in [6, 6.07) is 1.90. The predicted molar refractivity (Wildman–Crippen MR) is 48.0 cm³/mol. The van der Waals surface area contributed by atoms with Crippen molar-refractivity contribution in [1.82, 2.24) is 4.90 Å². The van der Waals surface area contributed by atoms with Crippen LogP contribution in [0, 0.1) is 17.2 Å². The molecule has 0 aromatic heterocycles. The summed E-state index contributed by atoms with van der Waals surface area (Å²) in [4.78, 5) is 12.9. The molecule has 1 rings (SSSR count). The Morgan fingerprint density at radius 3 is 2.43 bits per heavy atom. The molecule has 1 aliphatic rings. The number of hydrogen-bond donors (Lipinski definition) is 2. The first-order chi connectivity index (χ1) is 6.60. The number of nitriles is 1. The van der Waals surface area contributed by atoms with E-state index in [0.29, 0.717) is 6.42 Å². The zero-order valence-corrected chi connectivity index (χ0v) is 8.05. The lowest BCUT2D eigenvalue weighted by atomic mass is 10.1. The third kappa shape index (κ3) is 2.03. The van der Waals surface area contributed by atoms with Crippen molar-refractivity contribution in [2.24, 2.45) is 5.92 Å². The van der Waals surface area contributed by atoms with Gasteiger partial charge in [0.25, 0.3) is 0 Å². The molecular weight excluding hydrogens is 184 g/mol. The Hall–Kier alpha value is -1.12. The number of carbonyl (C=O) groups excluding carboxylic acids is 1. The standard InChI is InChI=1S/C9H14N2O3/c1-2-6(3-10)9(14)11-4-7(12)8(13)5-11/h6-8,12-13H,2,4-5H2,1H3. The second-order valence-electron chi connectivity index (χ2n) is 3.47. The zero-order chi connectivity index (χ0) is 10.7. The number of rotatable bonds is 2. The van der Waals surface area contributed by atoms with E-state index in [1.165, 1.54) is 4.90 Å². The summed E-state index contributed by atoms with van der Waals surface area (Å²) in [5.74, 6) is -0.960. The summed E-state index contributed by atoms with van der Waals surface area (Å²) in [5.41, 5.74) is 0. The number of aliphatic hydroxyl groups excluding tert-OH is 2.